The first-order chi connectivity index (χ1) is 17.0. The van der Waals surface area contributed by atoms with E-state index in [1.54, 1.807) is 18.2 Å². The minimum absolute atomic E-state index is 0.0450. The van der Waals surface area contributed by atoms with E-state index in [1.165, 1.54) is 38.1 Å². The highest BCUT2D eigenvalue weighted by atomic mass is 16.7. The molecule has 0 aliphatic carbocycles. The number of ether oxygens (including phenoxy) is 2. The van der Waals surface area contributed by atoms with Crippen molar-refractivity contribution in [2.24, 2.45) is 0 Å². The SMILES string of the molecule is C=CCOC(/C=C/B(O)O)CCCCC.C=CCOC(/C=C/B1OC(C)(C)C(C)(C)O1)CCCCC. The summed E-state index contributed by atoms with van der Waals surface area (Å²) in [5.74, 6) is 3.32. The van der Waals surface area contributed by atoms with Crippen molar-refractivity contribution in [2.45, 2.75) is 116 Å². The molecule has 1 fully saturated rings. The Hall–Kier alpha value is -1.15. The zero-order chi connectivity index (χ0) is 27.5. The van der Waals surface area contributed by atoms with Gasteiger partial charge in [-0.2, -0.15) is 0 Å². The molecule has 0 radical (unpaired) electrons. The summed E-state index contributed by atoms with van der Waals surface area (Å²) in [6.45, 7) is 21.0. The van der Waals surface area contributed by atoms with Gasteiger partial charge in [-0.15, -0.1) is 13.2 Å². The van der Waals surface area contributed by atoms with Crippen LogP contribution >= 0.6 is 0 Å². The van der Waals surface area contributed by atoms with Gasteiger partial charge in [0.25, 0.3) is 0 Å². The maximum atomic E-state index is 8.69. The first-order valence-corrected chi connectivity index (χ1v) is 13.6. The van der Waals surface area contributed by atoms with Gasteiger partial charge >= 0.3 is 14.2 Å². The highest BCUT2D eigenvalue weighted by Gasteiger charge is 2.50. The molecule has 1 heterocycles. The van der Waals surface area contributed by atoms with Crippen molar-refractivity contribution in [3.05, 3.63) is 49.4 Å². The van der Waals surface area contributed by atoms with Gasteiger partial charge in [-0.1, -0.05) is 88.6 Å². The van der Waals surface area contributed by atoms with E-state index >= 15 is 0 Å². The van der Waals surface area contributed by atoms with Crippen molar-refractivity contribution in [2.75, 3.05) is 13.2 Å². The van der Waals surface area contributed by atoms with Gasteiger partial charge in [0.2, 0.25) is 0 Å². The Morgan fingerprint density at radius 2 is 1.25 bits per heavy atom. The fourth-order valence-electron chi connectivity index (χ4n) is 3.45. The molecular formula is C28H52B2O6. The number of rotatable bonds is 18. The zero-order valence-electron chi connectivity index (χ0n) is 23.8. The van der Waals surface area contributed by atoms with Crippen LogP contribution in [0.1, 0.15) is 92.9 Å². The lowest BCUT2D eigenvalue weighted by molar-refractivity contribution is 0.00578. The summed E-state index contributed by atoms with van der Waals surface area (Å²) in [6.07, 6.45) is 16.3. The van der Waals surface area contributed by atoms with Crippen LogP contribution in [0.15, 0.2) is 49.4 Å². The molecule has 0 saturated carbocycles. The summed E-state index contributed by atoms with van der Waals surface area (Å²) < 4.78 is 23.2. The van der Waals surface area contributed by atoms with E-state index in [4.69, 9.17) is 28.8 Å². The van der Waals surface area contributed by atoms with Crippen molar-refractivity contribution in [3.8, 4) is 0 Å². The summed E-state index contributed by atoms with van der Waals surface area (Å²) in [5.41, 5.74) is -0.580. The van der Waals surface area contributed by atoms with E-state index in [0.29, 0.717) is 13.2 Å². The molecule has 2 atom stereocenters. The van der Waals surface area contributed by atoms with Crippen LogP contribution < -0.4 is 0 Å². The average molecular weight is 506 g/mol. The number of hydrogen-bond donors (Lipinski definition) is 2. The first kappa shape index (κ1) is 34.8. The molecular weight excluding hydrogens is 454 g/mol. The quantitative estimate of drug-likeness (QED) is 0.134. The van der Waals surface area contributed by atoms with Crippen LogP contribution in [-0.4, -0.2) is 60.9 Å². The van der Waals surface area contributed by atoms with Gasteiger partial charge in [-0.3, -0.25) is 0 Å². The Morgan fingerprint density at radius 1 is 0.806 bits per heavy atom. The molecule has 0 spiro atoms. The fourth-order valence-corrected chi connectivity index (χ4v) is 3.45. The van der Waals surface area contributed by atoms with E-state index < -0.39 is 7.12 Å². The van der Waals surface area contributed by atoms with Gasteiger partial charge in [0, 0.05) is 0 Å². The molecule has 0 aromatic heterocycles. The molecule has 6 nitrogen and oxygen atoms in total. The van der Waals surface area contributed by atoms with E-state index in [1.807, 2.05) is 5.98 Å². The zero-order valence-corrected chi connectivity index (χ0v) is 23.8. The molecule has 8 heteroatoms. The van der Waals surface area contributed by atoms with Gasteiger partial charge in [-0.05, 0) is 40.5 Å². The Kier molecular flexibility index (Phi) is 19.3. The molecule has 2 unspecified atom stereocenters. The molecule has 1 saturated heterocycles. The predicted molar refractivity (Wildman–Crippen MR) is 153 cm³/mol. The molecule has 36 heavy (non-hydrogen) atoms. The van der Waals surface area contributed by atoms with Crippen molar-refractivity contribution in [1.29, 1.82) is 0 Å². The van der Waals surface area contributed by atoms with Gasteiger partial charge in [0.15, 0.2) is 0 Å². The maximum Gasteiger partial charge on any atom is 0.486 e. The Bertz CT molecular complexity index is 618. The fraction of sp³-hybridized carbons (Fsp3) is 0.714. The molecule has 2 N–H and O–H groups in total. The first-order valence-electron chi connectivity index (χ1n) is 13.6. The Morgan fingerprint density at radius 3 is 1.64 bits per heavy atom. The minimum atomic E-state index is -1.40. The van der Waals surface area contributed by atoms with Gasteiger partial charge in [-0.25, -0.2) is 0 Å². The van der Waals surface area contributed by atoms with Crippen molar-refractivity contribution < 1.29 is 28.8 Å². The maximum absolute atomic E-state index is 8.69. The number of unbranched alkanes of at least 4 members (excludes halogenated alkanes) is 4. The third kappa shape index (κ3) is 15.9. The summed E-state index contributed by atoms with van der Waals surface area (Å²) in [4.78, 5) is 0. The smallest absolute Gasteiger partial charge is 0.424 e. The third-order valence-corrected chi connectivity index (χ3v) is 6.29. The molecule has 1 aliphatic rings. The minimum Gasteiger partial charge on any atom is -0.424 e. The lowest BCUT2D eigenvalue weighted by Gasteiger charge is -2.32. The molecule has 206 valence electrons. The lowest BCUT2D eigenvalue weighted by atomic mass is 9.89. The molecule has 1 rings (SSSR count). The van der Waals surface area contributed by atoms with E-state index in [9.17, 15) is 0 Å². The average Bonchev–Trinajstić information content (AvgIpc) is 3.03. The highest BCUT2D eigenvalue weighted by molar-refractivity contribution is 6.51. The van der Waals surface area contributed by atoms with Crippen LogP contribution in [0.4, 0.5) is 0 Å². The largest absolute Gasteiger partial charge is 0.486 e. The molecule has 1 aliphatic heterocycles. The van der Waals surface area contributed by atoms with E-state index in [-0.39, 0.29) is 30.5 Å². The summed E-state index contributed by atoms with van der Waals surface area (Å²) >= 11 is 0. The van der Waals surface area contributed by atoms with E-state index in [2.05, 4.69) is 60.8 Å². The molecule has 0 aromatic carbocycles. The summed E-state index contributed by atoms with van der Waals surface area (Å²) in [6, 6.07) is 0. The standard InChI is InChI=1S/C17H31BO3.C11H21BO3/c1-7-9-10-11-15(19-14-8-2)12-13-18-20-16(3,4)17(5,6)21-18;1-3-5-6-7-11(15-10-4-2)8-9-12(13)14/h8,12-13,15H,2,7,9-11,14H2,1,3-6H3;4,8-9,11,13-14H,2-3,5-7,10H2,1H3/b13-12+;9-8+. The third-order valence-electron chi connectivity index (χ3n) is 6.29. The van der Waals surface area contributed by atoms with Crippen LogP contribution in [0, 0.1) is 0 Å². The second-order valence-corrected chi connectivity index (χ2v) is 10.1. The Balaban J connectivity index is 0.000000723. The molecule has 0 aromatic rings. The van der Waals surface area contributed by atoms with Gasteiger partial charge < -0.3 is 28.8 Å². The van der Waals surface area contributed by atoms with Crippen molar-refractivity contribution >= 4 is 14.2 Å². The van der Waals surface area contributed by atoms with Crippen LogP contribution in [0.2, 0.25) is 0 Å². The summed E-state index contributed by atoms with van der Waals surface area (Å²) in [5, 5.41) is 17.4. The number of hydrogen-bond acceptors (Lipinski definition) is 6. The highest BCUT2D eigenvalue weighted by Crippen LogP contribution is 2.36. The second-order valence-electron chi connectivity index (χ2n) is 10.1. The Labute approximate surface area is 222 Å². The topological polar surface area (TPSA) is 77.4 Å². The van der Waals surface area contributed by atoms with Crippen LogP contribution in [-0.2, 0) is 18.8 Å². The predicted octanol–water partition coefficient (Wildman–Crippen LogP) is 6.03. The van der Waals surface area contributed by atoms with Gasteiger partial charge in [0.1, 0.15) is 0 Å². The molecule has 0 amide bonds. The van der Waals surface area contributed by atoms with Crippen LogP contribution in [0.25, 0.3) is 0 Å². The molecule has 0 bridgehead atoms. The van der Waals surface area contributed by atoms with Crippen molar-refractivity contribution in [3.63, 3.8) is 0 Å². The van der Waals surface area contributed by atoms with E-state index in [0.717, 1.165) is 19.3 Å². The van der Waals surface area contributed by atoms with Crippen LogP contribution in [0.3, 0.4) is 0 Å². The monoisotopic (exact) mass is 506 g/mol. The van der Waals surface area contributed by atoms with Crippen LogP contribution in [0.5, 0.6) is 0 Å². The normalized spacial score (nSPS) is 18.2. The second kappa shape index (κ2) is 19.9. The van der Waals surface area contributed by atoms with Crippen molar-refractivity contribution in [1.82, 2.24) is 0 Å². The lowest BCUT2D eigenvalue weighted by Crippen LogP contribution is -2.41. The van der Waals surface area contributed by atoms with Gasteiger partial charge in [0.05, 0.1) is 36.6 Å². The summed E-state index contributed by atoms with van der Waals surface area (Å²) in [7, 11) is -1.69.